The van der Waals surface area contributed by atoms with Gasteiger partial charge in [-0.05, 0) is 41.8 Å². The number of nitrogens with zero attached hydrogens (tertiary/aromatic N) is 1. The van der Waals surface area contributed by atoms with Gasteiger partial charge in [0.25, 0.3) is 0 Å². The van der Waals surface area contributed by atoms with Crippen molar-refractivity contribution in [3.63, 3.8) is 0 Å². The average molecular weight is 394 g/mol. The van der Waals surface area contributed by atoms with Gasteiger partial charge in [-0.15, -0.1) is 0 Å². The van der Waals surface area contributed by atoms with Crippen LogP contribution in [0.2, 0.25) is 0 Å². The predicted octanol–water partition coefficient (Wildman–Crippen LogP) is 5.43. The van der Waals surface area contributed by atoms with Gasteiger partial charge in [-0.2, -0.15) is 0 Å². The molecule has 2 aromatic rings. The summed E-state index contributed by atoms with van der Waals surface area (Å²) < 4.78 is 7.61. The highest BCUT2D eigenvalue weighted by atomic mass is 79.9. The lowest BCUT2D eigenvalue weighted by molar-refractivity contribution is -0.107. The molecule has 0 N–H and O–H groups in total. The lowest BCUT2D eigenvalue weighted by Gasteiger charge is -1.96. The van der Waals surface area contributed by atoms with Crippen molar-refractivity contribution in [2.75, 3.05) is 5.75 Å². The van der Waals surface area contributed by atoms with Gasteiger partial charge in [0.15, 0.2) is 0 Å². The third-order valence-corrected chi connectivity index (χ3v) is 5.32. The average Bonchev–Trinajstić information content (AvgIpc) is 3.08. The van der Waals surface area contributed by atoms with E-state index >= 15 is 0 Å². The van der Waals surface area contributed by atoms with Gasteiger partial charge in [0, 0.05) is 16.1 Å². The maximum Gasteiger partial charge on any atom is 0.244 e. The Labute approximate surface area is 145 Å². The second-order valence-electron chi connectivity index (χ2n) is 4.44. The molecule has 0 aliphatic carbocycles. The number of carbonyl (C=O) groups is 1. The minimum Gasteiger partial charge on any atom is -0.457 e. The lowest BCUT2D eigenvalue weighted by atomic mass is 10.2. The van der Waals surface area contributed by atoms with E-state index in [-0.39, 0.29) is 5.12 Å². The van der Waals surface area contributed by atoms with Gasteiger partial charge < -0.3 is 4.42 Å². The molecule has 0 amide bonds. The molecule has 6 heteroatoms. The fourth-order valence-electron chi connectivity index (χ4n) is 1.91. The highest BCUT2D eigenvalue weighted by Crippen LogP contribution is 2.32. The zero-order chi connectivity index (χ0) is 15.5. The van der Waals surface area contributed by atoms with Crippen LogP contribution in [0.15, 0.2) is 56.0 Å². The van der Waals surface area contributed by atoms with Crippen LogP contribution in [0.4, 0.5) is 0 Å². The number of aliphatic imine (C=N–C) groups is 1. The number of hydrogen-bond donors (Lipinski definition) is 0. The SMILES string of the molecule is CCSC1=NC(=Cc2ccc(-c3ccc(Br)cc3)o2)C(=O)S1. The number of furan rings is 1. The molecular formula is C16H12BrNO2S2. The molecule has 3 nitrogen and oxygen atoms in total. The summed E-state index contributed by atoms with van der Waals surface area (Å²) in [6.07, 6.45) is 1.70. The van der Waals surface area contributed by atoms with Crippen LogP contribution in [-0.2, 0) is 4.79 Å². The van der Waals surface area contributed by atoms with Crippen LogP contribution in [0, 0.1) is 0 Å². The molecule has 1 aliphatic rings. The maximum absolute atomic E-state index is 11.9. The topological polar surface area (TPSA) is 42.6 Å². The molecule has 0 fully saturated rings. The molecule has 2 heterocycles. The van der Waals surface area contributed by atoms with Gasteiger partial charge >= 0.3 is 0 Å². The number of hydrogen-bond acceptors (Lipinski definition) is 5. The highest BCUT2D eigenvalue weighted by Gasteiger charge is 2.22. The first-order chi connectivity index (χ1) is 10.7. The summed E-state index contributed by atoms with van der Waals surface area (Å²) in [5, 5.41) is -0.0301. The number of carbonyl (C=O) groups excluding carboxylic acids is 1. The molecule has 112 valence electrons. The van der Waals surface area contributed by atoms with E-state index in [0.717, 1.165) is 25.9 Å². The Hall–Kier alpha value is -1.24. The fraction of sp³-hybridized carbons (Fsp3) is 0.125. The molecule has 0 atom stereocenters. The van der Waals surface area contributed by atoms with Crippen LogP contribution in [0.3, 0.4) is 0 Å². The first kappa shape index (κ1) is 15.6. The van der Waals surface area contributed by atoms with Crippen LogP contribution in [0.1, 0.15) is 12.7 Å². The van der Waals surface area contributed by atoms with Gasteiger partial charge in [-0.3, -0.25) is 4.79 Å². The molecule has 1 aromatic heterocycles. The van der Waals surface area contributed by atoms with Gasteiger partial charge in [-0.1, -0.05) is 46.7 Å². The van der Waals surface area contributed by atoms with Gasteiger partial charge in [-0.25, -0.2) is 4.99 Å². The largest absolute Gasteiger partial charge is 0.457 e. The molecular weight excluding hydrogens is 382 g/mol. The van der Waals surface area contributed by atoms with E-state index in [1.54, 1.807) is 17.8 Å². The first-order valence-electron chi connectivity index (χ1n) is 6.67. The highest BCUT2D eigenvalue weighted by molar-refractivity contribution is 9.10. The van der Waals surface area contributed by atoms with Crippen LogP contribution in [-0.4, -0.2) is 15.2 Å². The molecule has 0 bridgehead atoms. The van der Waals surface area contributed by atoms with Crippen molar-refractivity contribution in [2.24, 2.45) is 4.99 Å². The molecule has 1 aromatic carbocycles. The van der Waals surface area contributed by atoms with Crippen molar-refractivity contribution < 1.29 is 9.21 Å². The summed E-state index contributed by atoms with van der Waals surface area (Å²) in [5.74, 6) is 2.30. The quantitative estimate of drug-likeness (QED) is 0.651. The number of rotatable bonds is 3. The zero-order valence-corrected chi connectivity index (χ0v) is 14.9. The van der Waals surface area contributed by atoms with Crippen molar-refractivity contribution in [3.8, 4) is 11.3 Å². The van der Waals surface area contributed by atoms with Crippen molar-refractivity contribution in [1.29, 1.82) is 0 Å². The van der Waals surface area contributed by atoms with E-state index < -0.39 is 0 Å². The van der Waals surface area contributed by atoms with Gasteiger partial charge in [0.1, 0.15) is 21.6 Å². The molecule has 22 heavy (non-hydrogen) atoms. The minimum absolute atomic E-state index is 0.0301. The summed E-state index contributed by atoms with van der Waals surface area (Å²) in [6, 6.07) is 11.6. The standard InChI is InChI=1S/C16H12BrNO2S2/c1-2-21-16-18-13(15(19)22-16)9-12-7-8-14(20-12)10-3-5-11(17)6-4-10/h3-9H,2H2,1H3. The maximum atomic E-state index is 11.9. The summed E-state index contributed by atoms with van der Waals surface area (Å²) in [6.45, 7) is 2.04. The Bertz CT molecular complexity index is 763. The Morgan fingerprint density at radius 3 is 2.77 bits per heavy atom. The number of halogens is 1. The summed E-state index contributed by atoms with van der Waals surface area (Å²) >= 11 is 6.17. The van der Waals surface area contributed by atoms with Crippen LogP contribution in [0.25, 0.3) is 17.4 Å². The Kier molecular flexibility index (Phi) is 4.90. The van der Waals surface area contributed by atoms with Crippen molar-refractivity contribution >= 4 is 55.0 Å². The third-order valence-electron chi connectivity index (χ3n) is 2.90. The van der Waals surface area contributed by atoms with Crippen LogP contribution in [0.5, 0.6) is 0 Å². The number of thioether (sulfide) groups is 2. The predicted molar refractivity (Wildman–Crippen MR) is 98.0 cm³/mol. The molecule has 0 saturated heterocycles. The van der Waals surface area contributed by atoms with E-state index in [4.69, 9.17) is 4.42 Å². The molecule has 0 saturated carbocycles. The Balaban J connectivity index is 1.84. The van der Waals surface area contributed by atoms with Crippen LogP contribution >= 0.6 is 39.5 Å². The zero-order valence-electron chi connectivity index (χ0n) is 11.7. The summed E-state index contributed by atoms with van der Waals surface area (Å²) in [7, 11) is 0. The molecule has 0 unspecified atom stereocenters. The smallest absolute Gasteiger partial charge is 0.244 e. The van der Waals surface area contributed by atoms with E-state index in [9.17, 15) is 4.79 Å². The molecule has 1 aliphatic heterocycles. The fourth-order valence-corrected chi connectivity index (χ4v) is 3.91. The van der Waals surface area contributed by atoms with E-state index in [1.807, 2.05) is 43.3 Å². The second-order valence-corrected chi connectivity index (χ2v) is 7.83. The molecule has 0 radical (unpaired) electrons. The van der Waals surface area contributed by atoms with Crippen LogP contribution < -0.4 is 0 Å². The first-order valence-corrected chi connectivity index (χ1v) is 9.26. The normalized spacial score (nSPS) is 16.4. The lowest BCUT2D eigenvalue weighted by Crippen LogP contribution is -1.87. The second kappa shape index (κ2) is 6.89. The Morgan fingerprint density at radius 1 is 1.27 bits per heavy atom. The van der Waals surface area contributed by atoms with Crippen molar-refractivity contribution in [2.45, 2.75) is 6.92 Å². The monoisotopic (exact) mass is 393 g/mol. The van der Waals surface area contributed by atoms with E-state index in [0.29, 0.717) is 11.5 Å². The summed E-state index contributed by atoms with van der Waals surface area (Å²) in [5.41, 5.74) is 1.43. The number of benzene rings is 1. The van der Waals surface area contributed by atoms with Gasteiger partial charge in [0.2, 0.25) is 5.12 Å². The third kappa shape index (κ3) is 3.56. The molecule has 3 rings (SSSR count). The minimum atomic E-state index is -0.0301. The van der Waals surface area contributed by atoms with Crippen molar-refractivity contribution in [1.82, 2.24) is 0 Å². The van der Waals surface area contributed by atoms with Crippen molar-refractivity contribution in [3.05, 3.63) is 52.3 Å². The van der Waals surface area contributed by atoms with E-state index in [2.05, 4.69) is 20.9 Å². The van der Waals surface area contributed by atoms with Gasteiger partial charge in [0.05, 0.1) is 0 Å². The summed E-state index contributed by atoms with van der Waals surface area (Å²) in [4.78, 5) is 16.2. The Morgan fingerprint density at radius 2 is 2.05 bits per heavy atom. The van der Waals surface area contributed by atoms with E-state index in [1.165, 1.54) is 11.8 Å². The molecule has 0 spiro atoms.